The summed E-state index contributed by atoms with van der Waals surface area (Å²) < 4.78 is 13.8. The van der Waals surface area contributed by atoms with Crippen LogP contribution in [0.4, 0.5) is 4.39 Å². The Morgan fingerprint density at radius 2 is 1.67 bits per heavy atom. The SMILES string of the molecule is Cl.Cl.Fc1ccccc1C1CCC(NC2CCNC2)CC1. The Labute approximate surface area is 139 Å². The molecule has 0 aromatic heterocycles. The van der Waals surface area contributed by atoms with Crippen LogP contribution in [0, 0.1) is 5.82 Å². The second-order valence-electron chi connectivity index (χ2n) is 5.93. The lowest BCUT2D eigenvalue weighted by atomic mass is 9.81. The Morgan fingerprint density at radius 1 is 0.952 bits per heavy atom. The fourth-order valence-electron chi connectivity index (χ4n) is 3.51. The molecule has 0 spiro atoms. The molecule has 120 valence electrons. The van der Waals surface area contributed by atoms with Crippen LogP contribution in [0.1, 0.15) is 43.6 Å². The van der Waals surface area contributed by atoms with Crippen LogP contribution in [0.2, 0.25) is 0 Å². The fourth-order valence-corrected chi connectivity index (χ4v) is 3.51. The molecule has 1 aromatic rings. The molecule has 0 amide bonds. The number of hydrogen-bond donors (Lipinski definition) is 2. The molecule has 1 aromatic carbocycles. The predicted octanol–water partition coefficient (Wildman–Crippen LogP) is 3.65. The zero-order chi connectivity index (χ0) is 13.1. The zero-order valence-corrected chi connectivity index (χ0v) is 13.8. The summed E-state index contributed by atoms with van der Waals surface area (Å²) in [5, 5.41) is 7.14. The van der Waals surface area contributed by atoms with Crippen molar-refractivity contribution in [2.45, 2.75) is 50.1 Å². The predicted molar refractivity (Wildman–Crippen MR) is 90.3 cm³/mol. The van der Waals surface area contributed by atoms with Crippen molar-refractivity contribution in [3.8, 4) is 0 Å². The van der Waals surface area contributed by atoms with Gasteiger partial charge in [-0.15, -0.1) is 24.8 Å². The first-order valence-corrected chi connectivity index (χ1v) is 7.54. The van der Waals surface area contributed by atoms with E-state index in [1.54, 1.807) is 12.1 Å². The molecule has 0 radical (unpaired) electrons. The Morgan fingerprint density at radius 3 is 2.29 bits per heavy atom. The molecule has 21 heavy (non-hydrogen) atoms. The standard InChI is InChI=1S/C16H23FN2.2ClH/c17-16-4-2-1-3-15(16)12-5-7-13(8-6-12)19-14-9-10-18-11-14;;/h1-4,12-14,18-19H,5-11H2;2*1H. The van der Waals surface area contributed by atoms with E-state index in [4.69, 9.17) is 0 Å². The van der Waals surface area contributed by atoms with Crippen LogP contribution < -0.4 is 10.6 Å². The van der Waals surface area contributed by atoms with Gasteiger partial charge in [-0.2, -0.15) is 0 Å². The van der Waals surface area contributed by atoms with Crippen LogP contribution >= 0.6 is 24.8 Å². The molecule has 1 unspecified atom stereocenters. The Hall–Kier alpha value is -0.350. The van der Waals surface area contributed by atoms with E-state index < -0.39 is 0 Å². The molecule has 2 N–H and O–H groups in total. The molecular formula is C16H25Cl2FN2. The third kappa shape index (κ3) is 4.82. The van der Waals surface area contributed by atoms with Crippen molar-refractivity contribution >= 4 is 24.8 Å². The Kier molecular flexibility index (Phi) is 7.96. The average Bonchev–Trinajstić information content (AvgIpc) is 2.93. The van der Waals surface area contributed by atoms with Gasteiger partial charge in [-0.25, -0.2) is 4.39 Å². The van der Waals surface area contributed by atoms with Gasteiger partial charge < -0.3 is 10.6 Å². The van der Waals surface area contributed by atoms with E-state index in [0.29, 0.717) is 18.0 Å². The van der Waals surface area contributed by atoms with Crippen molar-refractivity contribution < 1.29 is 4.39 Å². The summed E-state index contributed by atoms with van der Waals surface area (Å²) in [6.45, 7) is 2.25. The van der Waals surface area contributed by atoms with Gasteiger partial charge in [-0.1, -0.05) is 18.2 Å². The van der Waals surface area contributed by atoms with Crippen LogP contribution in [0.25, 0.3) is 0 Å². The maximum absolute atomic E-state index is 13.8. The van der Waals surface area contributed by atoms with Gasteiger partial charge in [0, 0.05) is 18.6 Å². The van der Waals surface area contributed by atoms with Crippen molar-refractivity contribution in [1.29, 1.82) is 0 Å². The molecule has 1 atom stereocenters. The lowest BCUT2D eigenvalue weighted by molar-refractivity contribution is 0.316. The van der Waals surface area contributed by atoms with Crippen LogP contribution in [0.15, 0.2) is 24.3 Å². The molecule has 2 aliphatic rings. The van der Waals surface area contributed by atoms with Crippen molar-refractivity contribution in [1.82, 2.24) is 10.6 Å². The first kappa shape index (κ1) is 18.7. The molecule has 1 saturated heterocycles. The highest BCUT2D eigenvalue weighted by Gasteiger charge is 2.26. The topological polar surface area (TPSA) is 24.1 Å². The molecule has 2 nitrogen and oxygen atoms in total. The normalized spacial score (nSPS) is 28.5. The number of benzene rings is 1. The lowest BCUT2D eigenvalue weighted by Crippen LogP contribution is -2.41. The Balaban J connectivity index is 0.00000110. The first-order valence-electron chi connectivity index (χ1n) is 7.54. The summed E-state index contributed by atoms with van der Waals surface area (Å²) in [5.74, 6) is 0.389. The summed E-state index contributed by atoms with van der Waals surface area (Å²) in [7, 11) is 0. The van der Waals surface area contributed by atoms with Gasteiger partial charge in [0.2, 0.25) is 0 Å². The van der Waals surface area contributed by atoms with Gasteiger partial charge in [0.1, 0.15) is 5.82 Å². The van der Waals surface area contributed by atoms with Gasteiger partial charge in [0.15, 0.2) is 0 Å². The fraction of sp³-hybridized carbons (Fsp3) is 0.625. The molecular weight excluding hydrogens is 310 g/mol. The van der Waals surface area contributed by atoms with Gasteiger partial charge in [-0.05, 0) is 56.2 Å². The van der Waals surface area contributed by atoms with Crippen molar-refractivity contribution in [2.24, 2.45) is 0 Å². The van der Waals surface area contributed by atoms with Crippen LogP contribution in [-0.2, 0) is 0 Å². The van der Waals surface area contributed by atoms with Crippen molar-refractivity contribution in [3.05, 3.63) is 35.6 Å². The third-order valence-electron chi connectivity index (χ3n) is 4.60. The quantitative estimate of drug-likeness (QED) is 0.881. The zero-order valence-electron chi connectivity index (χ0n) is 12.2. The average molecular weight is 335 g/mol. The highest BCUT2D eigenvalue weighted by Crippen LogP contribution is 2.34. The van der Waals surface area contributed by atoms with E-state index in [2.05, 4.69) is 10.6 Å². The molecule has 1 aliphatic heterocycles. The summed E-state index contributed by atoms with van der Waals surface area (Å²) >= 11 is 0. The monoisotopic (exact) mass is 334 g/mol. The van der Waals surface area contributed by atoms with Crippen molar-refractivity contribution in [3.63, 3.8) is 0 Å². The molecule has 5 heteroatoms. The van der Waals surface area contributed by atoms with E-state index in [0.717, 1.165) is 31.5 Å². The van der Waals surface area contributed by atoms with Crippen LogP contribution in [0.5, 0.6) is 0 Å². The smallest absolute Gasteiger partial charge is 0.126 e. The highest BCUT2D eigenvalue weighted by atomic mass is 35.5. The second kappa shape index (κ2) is 8.94. The van der Waals surface area contributed by atoms with E-state index >= 15 is 0 Å². The number of rotatable bonds is 3. The molecule has 1 aliphatic carbocycles. The highest BCUT2D eigenvalue weighted by molar-refractivity contribution is 5.85. The number of nitrogens with one attached hydrogen (secondary N) is 2. The largest absolute Gasteiger partial charge is 0.315 e. The first-order chi connectivity index (χ1) is 9.33. The van der Waals surface area contributed by atoms with E-state index in [1.165, 1.54) is 19.3 Å². The van der Waals surface area contributed by atoms with Crippen LogP contribution in [0.3, 0.4) is 0 Å². The summed E-state index contributed by atoms with van der Waals surface area (Å²) in [4.78, 5) is 0. The minimum Gasteiger partial charge on any atom is -0.315 e. The Bertz CT molecular complexity index is 416. The third-order valence-corrected chi connectivity index (χ3v) is 4.60. The number of hydrogen-bond acceptors (Lipinski definition) is 2. The van der Waals surface area contributed by atoms with E-state index in [-0.39, 0.29) is 30.6 Å². The lowest BCUT2D eigenvalue weighted by Gasteiger charge is -2.31. The summed E-state index contributed by atoms with van der Waals surface area (Å²) in [6.07, 6.45) is 5.82. The van der Waals surface area contributed by atoms with Crippen LogP contribution in [-0.4, -0.2) is 25.2 Å². The maximum atomic E-state index is 13.8. The molecule has 2 fully saturated rings. The van der Waals surface area contributed by atoms with Crippen molar-refractivity contribution in [2.75, 3.05) is 13.1 Å². The molecule has 3 rings (SSSR count). The van der Waals surface area contributed by atoms with Gasteiger partial charge in [0.05, 0.1) is 0 Å². The van der Waals surface area contributed by atoms with Gasteiger partial charge in [-0.3, -0.25) is 0 Å². The summed E-state index contributed by atoms with van der Waals surface area (Å²) in [5.41, 5.74) is 0.920. The van der Waals surface area contributed by atoms with E-state index in [9.17, 15) is 4.39 Å². The van der Waals surface area contributed by atoms with Gasteiger partial charge in [0.25, 0.3) is 0 Å². The second-order valence-corrected chi connectivity index (χ2v) is 5.93. The maximum Gasteiger partial charge on any atom is 0.126 e. The molecule has 0 bridgehead atoms. The molecule has 1 heterocycles. The number of halogens is 3. The van der Waals surface area contributed by atoms with E-state index in [1.807, 2.05) is 12.1 Å². The summed E-state index contributed by atoms with van der Waals surface area (Å²) in [6, 6.07) is 8.55. The van der Waals surface area contributed by atoms with Gasteiger partial charge >= 0.3 is 0 Å². The minimum atomic E-state index is -0.0288. The minimum absolute atomic E-state index is 0. The molecule has 1 saturated carbocycles.